The fourth-order valence-corrected chi connectivity index (χ4v) is 1.37. The minimum atomic E-state index is -1.03. The summed E-state index contributed by atoms with van der Waals surface area (Å²) in [5, 5.41) is 2.54. The quantitative estimate of drug-likeness (QED) is 0.862. The smallest absolute Gasteiger partial charge is 0.358 e. The van der Waals surface area contributed by atoms with E-state index in [4.69, 9.17) is 0 Å². The van der Waals surface area contributed by atoms with Crippen LogP contribution in [0, 0.1) is 11.6 Å². The molecule has 0 saturated carbocycles. The number of nitrogens with one attached hydrogen (secondary N) is 1. The molecule has 0 radical (unpaired) electrons. The molecule has 5 nitrogen and oxygen atoms in total. The van der Waals surface area contributed by atoms with Gasteiger partial charge >= 0.3 is 5.97 Å². The Labute approximate surface area is 107 Å². The first-order valence-electron chi connectivity index (χ1n) is 5.23. The average Bonchev–Trinajstić information content (AvgIpc) is 2.43. The molecule has 1 heterocycles. The summed E-state index contributed by atoms with van der Waals surface area (Å²) in [6.45, 7) is 0. The van der Waals surface area contributed by atoms with Crippen LogP contribution in [0.2, 0.25) is 0 Å². The molecule has 0 unspecified atom stereocenters. The van der Waals surface area contributed by atoms with E-state index in [1.54, 1.807) is 0 Å². The molecular weight excluding hydrogens is 256 g/mol. The van der Waals surface area contributed by atoms with Crippen LogP contribution in [0.25, 0.3) is 0 Å². The van der Waals surface area contributed by atoms with E-state index >= 15 is 0 Å². The number of carbonyl (C=O) groups is 1. The number of halogens is 2. The Morgan fingerprint density at radius 3 is 2.84 bits per heavy atom. The van der Waals surface area contributed by atoms with Crippen LogP contribution in [0.1, 0.15) is 10.5 Å². The normalized spacial score (nSPS) is 10.1. The van der Waals surface area contributed by atoms with Crippen LogP contribution in [0.15, 0.2) is 30.6 Å². The second kappa shape index (κ2) is 5.38. The summed E-state index contributed by atoms with van der Waals surface area (Å²) < 4.78 is 30.9. The predicted molar refractivity (Wildman–Crippen MR) is 63.0 cm³/mol. The minimum Gasteiger partial charge on any atom is -0.464 e. The lowest BCUT2D eigenvalue weighted by Gasteiger charge is -2.07. The van der Waals surface area contributed by atoms with Crippen LogP contribution in [-0.2, 0) is 4.74 Å². The average molecular weight is 265 g/mol. The molecule has 0 spiro atoms. The second-order valence-corrected chi connectivity index (χ2v) is 3.51. The first kappa shape index (κ1) is 12.9. The van der Waals surface area contributed by atoms with Crippen molar-refractivity contribution in [3.8, 4) is 0 Å². The summed E-state index contributed by atoms with van der Waals surface area (Å²) in [6.07, 6.45) is 2.48. The number of hydrogen-bond donors (Lipinski definition) is 1. The number of esters is 1. The zero-order chi connectivity index (χ0) is 13.8. The highest BCUT2D eigenvalue weighted by atomic mass is 19.2. The third kappa shape index (κ3) is 2.82. The number of aromatic nitrogens is 2. The molecule has 0 aliphatic heterocycles. The van der Waals surface area contributed by atoms with E-state index in [2.05, 4.69) is 20.0 Å². The van der Waals surface area contributed by atoms with Gasteiger partial charge in [0.25, 0.3) is 0 Å². The first-order valence-corrected chi connectivity index (χ1v) is 5.23. The van der Waals surface area contributed by atoms with E-state index in [1.165, 1.54) is 31.6 Å². The van der Waals surface area contributed by atoms with Crippen LogP contribution in [0.4, 0.5) is 20.3 Å². The summed E-state index contributed by atoms with van der Waals surface area (Å²) in [5.41, 5.74) is -0.138. The zero-order valence-corrected chi connectivity index (χ0v) is 9.85. The monoisotopic (exact) mass is 265 g/mol. The van der Waals surface area contributed by atoms with Gasteiger partial charge in [-0.05, 0) is 12.1 Å². The van der Waals surface area contributed by atoms with Crippen LogP contribution in [0.5, 0.6) is 0 Å². The summed E-state index contributed by atoms with van der Waals surface area (Å²) >= 11 is 0. The van der Waals surface area contributed by atoms with Crippen molar-refractivity contribution in [1.82, 2.24) is 9.97 Å². The largest absolute Gasteiger partial charge is 0.464 e. The van der Waals surface area contributed by atoms with Crippen LogP contribution < -0.4 is 5.32 Å². The third-order valence-corrected chi connectivity index (χ3v) is 2.24. The Bertz CT molecular complexity index is 620. The summed E-state index contributed by atoms with van der Waals surface area (Å²) in [4.78, 5) is 18.9. The van der Waals surface area contributed by atoms with Gasteiger partial charge < -0.3 is 10.1 Å². The van der Waals surface area contributed by atoms with Gasteiger partial charge in [-0.1, -0.05) is 6.07 Å². The lowest BCUT2D eigenvalue weighted by atomic mass is 10.3. The van der Waals surface area contributed by atoms with Gasteiger partial charge in [-0.15, -0.1) is 0 Å². The first-order chi connectivity index (χ1) is 9.11. The maximum absolute atomic E-state index is 13.4. The molecule has 0 amide bonds. The van der Waals surface area contributed by atoms with Crippen molar-refractivity contribution >= 4 is 17.5 Å². The van der Waals surface area contributed by atoms with Gasteiger partial charge in [-0.2, -0.15) is 0 Å². The van der Waals surface area contributed by atoms with Crippen molar-refractivity contribution < 1.29 is 18.3 Å². The predicted octanol–water partition coefficient (Wildman–Crippen LogP) is 2.29. The van der Waals surface area contributed by atoms with E-state index in [0.29, 0.717) is 0 Å². The SMILES string of the molecule is COC(=O)c1cncc(Nc2cccc(F)c2F)n1. The van der Waals surface area contributed by atoms with Crippen LogP contribution in [0.3, 0.4) is 0 Å². The van der Waals surface area contributed by atoms with E-state index in [1.807, 2.05) is 0 Å². The van der Waals surface area contributed by atoms with E-state index < -0.39 is 17.6 Å². The highest BCUT2D eigenvalue weighted by Crippen LogP contribution is 2.20. The van der Waals surface area contributed by atoms with Gasteiger partial charge in [0.1, 0.15) is 5.82 Å². The molecule has 7 heteroatoms. The Hall–Kier alpha value is -2.57. The molecule has 2 aromatic rings. The Morgan fingerprint density at radius 1 is 1.32 bits per heavy atom. The second-order valence-electron chi connectivity index (χ2n) is 3.51. The van der Waals surface area contributed by atoms with Crippen molar-refractivity contribution in [2.24, 2.45) is 0 Å². The lowest BCUT2D eigenvalue weighted by molar-refractivity contribution is 0.0593. The summed E-state index contributed by atoms with van der Waals surface area (Å²) in [7, 11) is 1.20. The molecule has 0 aliphatic carbocycles. The summed E-state index contributed by atoms with van der Waals surface area (Å²) in [6, 6.07) is 3.68. The number of rotatable bonds is 3. The highest BCUT2D eigenvalue weighted by molar-refractivity contribution is 5.87. The summed E-state index contributed by atoms with van der Waals surface area (Å²) in [5.74, 6) is -2.59. The topological polar surface area (TPSA) is 64.1 Å². The molecule has 2 rings (SSSR count). The highest BCUT2D eigenvalue weighted by Gasteiger charge is 2.11. The number of ether oxygens (including phenoxy) is 1. The third-order valence-electron chi connectivity index (χ3n) is 2.24. The Kier molecular flexibility index (Phi) is 3.65. The zero-order valence-electron chi connectivity index (χ0n) is 9.85. The molecule has 1 aromatic heterocycles. The van der Waals surface area contributed by atoms with Gasteiger partial charge in [0.2, 0.25) is 0 Å². The molecule has 0 saturated heterocycles. The molecule has 0 aliphatic rings. The van der Waals surface area contributed by atoms with Gasteiger partial charge in [0, 0.05) is 0 Å². The van der Waals surface area contributed by atoms with Crippen LogP contribution >= 0.6 is 0 Å². The van der Waals surface area contributed by atoms with Crippen molar-refractivity contribution in [2.75, 3.05) is 12.4 Å². The standard InChI is InChI=1S/C12H9F2N3O2/c1-19-12(18)9-5-15-6-10(17-9)16-8-4-2-3-7(13)11(8)14/h2-6H,1H3,(H,16,17). The van der Waals surface area contributed by atoms with Crippen molar-refractivity contribution in [2.45, 2.75) is 0 Å². The van der Waals surface area contributed by atoms with Crippen molar-refractivity contribution in [1.29, 1.82) is 0 Å². The fraction of sp³-hybridized carbons (Fsp3) is 0.0833. The molecule has 1 N–H and O–H groups in total. The van der Waals surface area contributed by atoms with E-state index in [9.17, 15) is 13.6 Å². The van der Waals surface area contributed by atoms with E-state index in [0.717, 1.165) is 6.07 Å². The Morgan fingerprint density at radius 2 is 2.11 bits per heavy atom. The molecule has 19 heavy (non-hydrogen) atoms. The molecule has 98 valence electrons. The molecule has 0 bridgehead atoms. The number of anilines is 2. The van der Waals surface area contributed by atoms with Crippen molar-refractivity contribution in [3.05, 3.63) is 47.9 Å². The van der Waals surface area contributed by atoms with Gasteiger partial charge in [-0.25, -0.2) is 18.6 Å². The number of benzene rings is 1. The molecule has 0 atom stereocenters. The van der Waals surface area contributed by atoms with Gasteiger partial charge in [0.15, 0.2) is 17.3 Å². The number of carbonyl (C=O) groups excluding carboxylic acids is 1. The van der Waals surface area contributed by atoms with Crippen LogP contribution in [-0.4, -0.2) is 23.0 Å². The lowest BCUT2D eigenvalue weighted by Crippen LogP contribution is -2.07. The number of methoxy groups -OCH3 is 1. The fourth-order valence-electron chi connectivity index (χ4n) is 1.37. The molecular formula is C12H9F2N3O2. The Balaban J connectivity index is 2.28. The number of hydrogen-bond acceptors (Lipinski definition) is 5. The number of nitrogens with zero attached hydrogens (tertiary/aromatic N) is 2. The minimum absolute atomic E-state index is 0.0377. The van der Waals surface area contributed by atoms with Crippen molar-refractivity contribution in [3.63, 3.8) is 0 Å². The van der Waals surface area contributed by atoms with E-state index in [-0.39, 0.29) is 17.2 Å². The van der Waals surface area contributed by atoms with Gasteiger partial charge in [-0.3, -0.25) is 4.98 Å². The molecule has 1 aromatic carbocycles. The maximum atomic E-state index is 13.4. The maximum Gasteiger partial charge on any atom is 0.358 e. The molecule has 0 fully saturated rings. The van der Waals surface area contributed by atoms with Gasteiger partial charge in [0.05, 0.1) is 25.2 Å².